The molecule has 0 aliphatic carbocycles. The predicted molar refractivity (Wildman–Crippen MR) is 70.5 cm³/mol. The summed E-state index contributed by atoms with van der Waals surface area (Å²) in [7, 11) is 0. The summed E-state index contributed by atoms with van der Waals surface area (Å²) in [5.74, 6) is 0.0149. The third-order valence-corrected chi connectivity index (χ3v) is 2.71. The van der Waals surface area contributed by atoms with E-state index in [0.717, 1.165) is 18.4 Å². The smallest absolute Gasteiger partial charge is 0.321 e. The molecule has 1 aromatic heterocycles. The van der Waals surface area contributed by atoms with Gasteiger partial charge < -0.3 is 10.5 Å². The van der Waals surface area contributed by atoms with Crippen molar-refractivity contribution in [3.63, 3.8) is 0 Å². The number of nitrogens with two attached hydrogens (primary N) is 1. The first-order valence-electron chi connectivity index (χ1n) is 6.17. The fourth-order valence-corrected chi connectivity index (χ4v) is 1.58. The van der Waals surface area contributed by atoms with Crippen molar-refractivity contribution in [1.29, 1.82) is 0 Å². The van der Waals surface area contributed by atoms with Crippen LogP contribution in [0.4, 0.5) is 4.39 Å². The van der Waals surface area contributed by atoms with E-state index in [-0.39, 0.29) is 17.9 Å². The molecule has 0 bridgehead atoms. The van der Waals surface area contributed by atoms with Crippen LogP contribution in [0.2, 0.25) is 0 Å². The number of benzene rings is 1. The zero-order valence-electron chi connectivity index (χ0n) is 10.7. The lowest BCUT2D eigenvalue weighted by Gasteiger charge is -2.08. The number of hydrogen-bond donors (Lipinski definition) is 1. The van der Waals surface area contributed by atoms with Crippen LogP contribution in [0.5, 0.6) is 11.8 Å². The number of nitrogens with zero attached hydrogens (tertiary/aromatic N) is 2. The topological polar surface area (TPSA) is 61.0 Å². The van der Waals surface area contributed by atoms with E-state index in [0.29, 0.717) is 5.75 Å². The molecule has 4 nitrogen and oxygen atoms in total. The Bertz CT molecular complexity index is 530. The van der Waals surface area contributed by atoms with Crippen molar-refractivity contribution >= 4 is 0 Å². The highest BCUT2D eigenvalue weighted by Gasteiger charge is 2.05. The Hall–Kier alpha value is -2.01. The van der Waals surface area contributed by atoms with Crippen LogP contribution in [0.25, 0.3) is 0 Å². The summed E-state index contributed by atoms with van der Waals surface area (Å²) in [6.07, 6.45) is 4.99. The minimum absolute atomic E-state index is 0.110. The number of aromatic nitrogens is 2. The molecule has 0 spiro atoms. The van der Waals surface area contributed by atoms with Gasteiger partial charge in [0, 0.05) is 24.5 Å². The second-order valence-corrected chi connectivity index (χ2v) is 4.31. The maximum atomic E-state index is 13.0. The number of hydrogen-bond acceptors (Lipinski definition) is 4. The monoisotopic (exact) mass is 261 g/mol. The van der Waals surface area contributed by atoms with Crippen molar-refractivity contribution < 1.29 is 9.13 Å². The Kier molecular flexibility index (Phi) is 4.41. The largest absolute Gasteiger partial charge is 0.424 e. The molecule has 2 aromatic rings. The van der Waals surface area contributed by atoms with Crippen molar-refractivity contribution in [1.82, 2.24) is 9.97 Å². The normalized spacial score (nSPS) is 12.2. The quantitative estimate of drug-likeness (QED) is 0.899. The van der Waals surface area contributed by atoms with E-state index in [1.807, 2.05) is 6.92 Å². The molecule has 1 heterocycles. The third-order valence-electron chi connectivity index (χ3n) is 2.71. The van der Waals surface area contributed by atoms with Gasteiger partial charge in [0.2, 0.25) is 0 Å². The van der Waals surface area contributed by atoms with Gasteiger partial charge in [0.05, 0.1) is 0 Å². The Labute approximate surface area is 111 Å². The summed E-state index contributed by atoms with van der Waals surface area (Å²) < 4.78 is 18.3. The Morgan fingerprint density at radius 1 is 1.32 bits per heavy atom. The van der Waals surface area contributed by atoms with Gasteiger partial charge in [-0.1, -0.05) is 13.0 Å². The van der Waals surface area contributed by atoms with Gasteiger partial charge in [-0.15, -0.1) is 0 Å². The van der Waals surface area contributed by atoms with Gasteiger partial charge in [-0.25, -0.2) is 14.4 Å². The Morgan fingerprint density at radius 2 is 2.05 bits per heavy atom. The van der Waals surface area contributed by atoms with E-state index in [9.17, 15) is 4.39 Å². The fourth-order valence-electron chi connectivity index (χ4n) is 1.58. The zero-order chi connectivity index (χ0) is 13.7. The summed E-state index contributed by atoms with van der Waals surface area (Å²) in [5, 5.41) is 0. The first kappa shape index (κ1) is 13.4. The van der Waals surface area contributed by atoms with Crippen LogP contribution in [0, 0.1) is 5.82 Å². The Balaban J connectivity index is 2.02. The lowest BCUT2D eigenvalue weighted by atomic mass is 10.1. The fraction of sp³-hybridized carbons (Fsp3) is 0.286. The molecule has 0 aliphatic heterocycles. The molecule has 100 valence electrons. The molecule has 1 aromatic carbocycles. The lowest BCUT2D eigenvalue weighted by Crippen LogP contribution is -2.21. The molecular weight excluding hydrogens is 245 g/mol. The van der Waals surface area contributed by atoms with Crippen LogP contribution in [0.15, 0.2) is 36.7 Å². The molecule has 2 N–H and O–H groups in total. The highest BCUT2D eigenvalue weighted by molar-refractivity contribution is 5.25. The van der Waals surface area contributed by atoms with Crippen LogP contribution in [0.1, 0.15) is 18.9 Å². The van der Waals surface area contributed by atoms with Crippen LogP contribution in [-0.4, -0.2) is 16.0 Å². The van der Waals surface area contributed by atoms with E-state index in [2.05, 4.69) is 9.97 Å². The van der Waals surface area contributed by atoms with Gasteiger partial charge in [0.1, 0.15) is 11.6 Å². The van der Waals surface area contributed by atoms with Gasteiger partial charge in [-0.3, -0.25) is 0 Å². The lowest BCUT2D eigenvalue weighted by molar-refractivity contribution is 0.436. The summed E-state index contributed by atoms with van der Waals surface area (Å²) in [6, 6.07) is 6.15. The first-order valence-corrected chi connectivity index (χ1v) is 6.17. The van der Waals surface area contributed by atoms with Gasteiger partial charge in [0.25, 0.3) is 0 Å². The standard InChI is InChI=1S/C14H16FN3O/c1-2-12(16)6-10-8-17-14(18-9-10)19-13-5-3-4-11(15)7-13/h3-5,7-9,12H,2,6,16H2,1H3. The van der Waals surface area contributed by atoms with E-state index in [1.54, 1.807) is 24.5 Å². The molecule has 0 aliphatic rings. The molecule has 0 saturated heterocycles. The van der Waals surface area contributed by atoms with Crippen LogP contribution >= 0.6 is 0 Å². The van der Waals surface area contributed by atoms with Crippen LogP contribution < -0.4 is 10.5 Å². The molecule has 0 saturated carbocycles. The minimum atomic E-state index is -0.358. The van der Waals surface area contributed by atoms with Crippen molar-refractivity contribution in [3.8, 4) is 11.8 Å². The zero-order valence-corrected chi connectivity index (χ0v) is 10.7. The highest BCUT2D eigenvalue weighted by atomic mass is 19.1. The molecule has 1 atom stereocenters. The summed E-state index contributed by atoms with van der Waals surface area (Å²) in [5.41, 5.74) is 6.81. The summed E-state index contributed by atoms with van der Waals surface area (Å²) in [6.45, 7) is 2.03. The van der Waals surface area contributed by atoms with E-state index in [4.69, 9.17) is 10.5 Å². The second-order valence-electron chi connectivity index (χ2n) is 4.31. The number of ether oxygens (including phenoxy) is 1. The first-order chi connectivity index (χ1) is 9.17. The SMILES string of the molecule is CCC(N)Cc1cnc(Oc2cccc(F)c2)nc1. The molecule has 0 amide bonds. The molecule has 0 radical (unpaired) electrons. The molecule has 19 heavy (non-hydrogen) atoms. The maximum Gasteiger partial charge on any atom is 0.321 e. The highest BCUT2D eigenvalue weighted by Crippen LogP contribution is 2.18. The second kappa shape index (κ2) is 6.24. The van der Waals surface area contributed by atoms with Gasteiger partial charge in [0.15, 0.2) is 0 Å². The van der Waals surface area contributed by atoms with Gasteiger partial charge >= 0.3 is 6.01 Å². The predicted octanol–water partition coefficient (Wildman–Crippen LogP) is 2.69. The van der Waals surface area contributed by atoms with Crippen molar-refractivity contribution in [3.05, 3.63) is 48.0 Å². The van der Waals surface area contributed by atoms with E-state index < -0.39 is 0 Å². The van der Waals surface area contributed by atoms with Gasteiger partial charge in [-0.05, 0) is 30.5 Å². The third kappa shape index (κ3) is 3.99. The molecule has 1 unspecified atom stereocenters. The van der Waals surface area contributed by atoms with E-state index >= 15 is 0 Å². The van der Waals surface area contributed by atoms with E-state index in [1.165, 1.54) is 12.1 Å². The summed E-state index contributed by atoms with van der Waals surface area (Å²) in [4.78, 5) is 8.16. The molecule has 2 rings (SSSR count). The Morgan fingerprint density at radius 3 is 2.68 bits per heavy atom. The number of rotatable bonds is 5. The molecule has 5 heteroatoms. The minimum Gasteiger partial charge on any atom is -0.424 e. The average Bonchev–Trinajstić information content (AvgIpc) is 2.41. The molecule has 0 fully saturated rings. The average molecular weight is 261 g/mol. The maximum absolute atomic E-state index is 13.0. The summed E-state index contributed by atoms with van der Waals surface area (Å²) >= 11 is 0. The number of halogens is 1. The van der Waals surface area contributed by atoms with Crippen molar-refractivity contribution in [2.24, 2.45) is 5.73 Å². The van der Waals surface area contributed by atoms with Crippen LogP contribution in [-0.2, 0) is 6.42 Å². The van der Waals surface area contributed by atoms with Crippen molar-refractivity contribution in [2.75, 3.05) is 0 Å². The molecular formula is C14H16FN3O. The van der Waals surface area contributed by atoms with Gasteiger partial charge in [-0.2, -0.15) is 0 Å². The van der Waals surface area contributed by atoms with Crippen molar-refractivity contribution in [2.45, 2.75) is 25.8 Å². The van der Waals surface area contributed by atoms with Crippen LogP contribution in [0.3, 0.4) is 0 Å².